The predicted octanol–water partition coefficient (Wildman–Crippen LogP) is 7.42. The first-order chi connectivity index (χ1) is 21.4. The Kier molecular flexibility index (Phi) is 9.24. The molecule has 0 bridgehead atoms. The Hall–Kier alpha value is -3.81. The van der Waals surface area contributed by atoms with Crippen molar-refractivity contribution in [2.75, 3.05) is 25.6 Å². The number of carbonyl (C=O) groups is 2. The number of amides is 2. The second kappa shape index (κ2) is 13.4. The maximum absolute atomic E-state index is 14.3. The van der Waals surface area contributed by atoms with Crippen LogP contribution < -0.4 is 15.0 Å². The summed E-state index contributed by atoms with van der Waals surface area (Å²) in [5, 5.41) is 7.14. The van der Waals surface area contributed by atoms with Crippen molar-refractivity contribution in [3.63, 3.8) is 0 Å². The third-order valence-corrected chi connectivity index (χ3v) is 9.96. The van der Waals surface area contributed by atoms with Crippen molar-refractivity contribution >= 4 is 17.7 Å². The van der Waals surface area contributed by atoms with E-state index in [4.69, 9.17) is 9.47 Å². The van der Waals surface area contributed by atoms with Gasteiger partial charge in [0.05, 0.1) is 19.3 Å². The van der Waals surface area contributed by atoms with Crippen LogP contribution in [0.5, 0.6) is 5.75 Å². The topological polar surface area (TPSA) is 85.7 Å². The molecule has 0 spiro atoms. The summed E-state index contributed by atoms with van der Waals surface area (Å²) in [7, 11) is 3.30. The summed E-state index contributed by atoms with van der Waals surface area (Å²) in [5.41, 5.74) is 5.72. The molecule has 44 heavy (non-hydrogen) atoms. The minimum Gasteiger partial charge on any atom is -0.496 e. The van der Waals surface area contributed by atoms with Gasteiger partial charge < -0.3 is 19.7 Å². The monoisotopic (exact) mass is 598 g/mol. The van der Waals surface area contributed by atoms with Crippen LogP contribution in [0.15, 0.2) is 54.9 Å². The summed E-state index contributed by atoms with van der Waals surface area (Å²) in [4.78, 5) is 28.1. The molecule has 2 aromatic carbocycles. The third-order valence-electron chi connectivity index (χ3n) is 9.96. The molecule has 0 unspecified atom stereocenters. The number of benzene rings is 2. The van der Waals surface area contributed by atoms with Crippen LogP contribution in [-0.4, -0.2) is 48.6 Å². The molecule has 3 aliphatic rings. The number of rotatable bonds is 9. The van der Waals surface area contributed by atoms with Crippen LogP contribution in [0.2, 0.25) is 0 Å². The summed E-state index contributed by atoms with van der Waals surface area (Å²) in [6, 6.07) is 15.5. The molecule has 234 valence electrons. The quantitative estimate of drug-likeness (QED) is 0.277. The van der Waals surface area contributed by atoms with Gasteiger partial charge in [0.1, 0.15) is 11.9 Å². The van der Waals surface area contributed by atoms with E-state index in [-0.39, 0.29) is 17.9 Å². The van der Waals surface area contributed by atoms with Crippen molar-refractivity contribution in [3.8, 4) is 16.9 Å². The van der Waals surface area contributed by atoms with E-state index < -0.39 is 6.09 Å². The normalized spacial score (nSPS) is 23.5. The number of anilines is 1. The Bertz CT molecular complexity index is 1450. The van der Waals surface area contributed by atoms with Gasteiger partial charge in [-0.2, -0.15) is 5.10 Å². The van der Waals surface area contributed by atoms with Gasteiger partial charge in [-0.1, -0.05) is 24.3 Å². The standard InChI is InChI=1S/C36H46N4O4/c1-24-19-29(13-18-34(24)43-3)26-9-7-25(8-10-26)22-39(35(41)27-11-16-33(17-12-27)44-36(42)37-2)32-6-4-5-28(20-32)30-21-38-40(23-30)31-14-15-31/h4-6,13,18-21,23,25-27,31,33H,7-12,14-17,22H2,1-3H3,(H,37,42)/t25-,26-,27-,33-. The van der Waals surface area contributed by atoms with Crippen LogP contribution in [0.1, 0.15) is 87.3 Å². The van der Waals surface area contributed by atoms with E-state index in [1.165, 1.54) is 24.0 Å². The molecule has 8 heteroatoms. The van der Waals surface area contributed by atoms with Crippen LogP contribution in [0, 0.1) is 18.8 Å². The first kappa shape index (κ1) is 30.2. The maximum atomic E-state index is 14.3. The number of methoxy groups -OCH3 is 1. The number of ether oxygens (including phenoxy) is 2. The zero-order valence-corrected chi connectivity index (χ0v) is 26.3. The maximum Gasteiger partial charge on any atom is 0.407 e. The number of alkyl carbamates (subject to hydrolysis) is 1. The minimum atomic E-state index is -0.399. The molecule has 2 amide bonds. The molecule has 0 aliphatic heterocycles. The second-order valence-electron chi connectivity index (χ2n) is 13.0. The molecule has 3 aliphatic carbocycles. The van der Waals surface area contributed by atoms with E-state index in [2.05, 4.69) is 75.6 Å². The number of aryl methyl sites for hydroxylation is 1. The Morgan fingerprint density at radius 2 is 1.73 bits per heavy atom. The smallest absolute Gasteiger partial charge is 0.407 e. The third kappa shape index (κ3) is 6.95. The fourth-order valence-electron chi connectivity index (χ4n) is 7.15. The van der Waals surface area contributed by atoms with E-state index in [0.717, 1.165) is 67.6 Å². The average molecular weight is 599 g/mol. The molecule has 1 N–H and O–H groups in total. The highest BCUT2D eigenvalue weighted by Gasteiger charge is 2.34. The van der Waals surface area contributed by atoms with Crippen LogP contribution in [0.4, 0.5) is 10.5 Å². The van der Waals surface area contributed by atoms with Gasteiger partial charge in [0.25, 0.3) is 0 Å². The lowest BCUT2D eigenvalue weighted by Crippen LogP contribution is -2.42. The summed E-state index contributed by atoms with van der Waals surface area (Å²) in [5.74, 6) is 2.06. The molecular weight excluding hydrogens is 552 g/mol. The zero-order chi connectivity index (χ0) is 30.6. The van der Waals surface area contributed by atoms with Crippen molar-refractivity contribution in [2.45, 2.75) is 89.2 Å². The van der Waals surface area contributed by atoms with Crippen LogP contribution in [-0.2, 0) is 9.53 Å². The van der Waals surface area contributed by atoms with E-state index in [1.54, 1.807) is 14.2 Å². The Labute approximate surface area is 261 Å². The van der Waals surface area contributed by atoms with Gasteiger partial charge in [0.2, 0.25) is 5.91 Å². The summed E-state index contributed by atoms with van der Waals surface area (Å²) in [6.07, 6.45) is 13.3. The highest BCUT2D eigenvalue weighted by molar-refractivity contribution is 5.95. The van der Waals surface area contributed by atoms with Crippen LogP contribution >= 0.6 is 0 Å². The molecule has 0 atom stereocenters. The number of nitrogens with one attached hydrogen (secondary N) is 1. The minimum absolute atomic E-state index is 0.0700. The molecular formula is C36H46N4O4. The molecule has 3 aromatic rings. The van der Waals surface area contributed by atoms with Crippen LogP contribution in [0.3, 0.4) is 0 Å². The van der Waals surface area contributed by atoms with E-state index in [0.29, 0.717) is 30.7 Å². The van der Waals surface area contributed by atoms with Gasteiger partial charge >= 0.3 is 6.09 Å². The zero-order valence-electron chi connectivity index (χ0n) is 26.3. The summed E-state index contributed by atoms with van der Waals surface area (Å²) >= 11 is 0. The lowest BCUT2D eigenvalue weighted by molar-refractivity contribution is -0.124. The number of nitrogens with zero attached hydrogens (tertiary/aromatic N) is 3. The number of carbonyl (C=O) groups excluding carboxylic acids is 2. The van der Waals surface area contributed by atoms with E-state index in [9.17, 15) is 9.59 Å². The Morgan fingerprint density at radius 1 is 0.955 bits per heavy atom. The van der Waals surface area contributed by atoms with Gasteiger partial charge in [-0.25, -0.2) is 4.79 Å². The molecule has 1 aromatic heterocycles. The van der Waals surface area contributed by atoms with Crippen molar-refractivity contribution in [2.24, 2.45) is 11.8 Å². The second-order valence-corrected chi connectivity index (χ2v) is 13.0. The van der Waals surface area contributed by atoms with Crippen LogP contribution in [0.25, 0.3) is 11.1 Å². The molecule has 1 heterocycles. The predicted molar refractivity (Wildman–Crippen MR) is 172 cm³/mol. The molecule has 6 rings (SSSR count). The fraction of sp³-hybridized carbons (Fsp3) is 0.528. The first-order valence-electron chi connectivity index (χ1n) is 16.4. The fourth-order valence-corrected chi connectivity index (χ4v) is 7.15. The number of hydrogen-bond acceptors (Lipinski definition) is 5. The highest BCUT2D eigenvalue weighted by Crippen LogP contribution is 2.40. The Morgan fingerprint density at radius 3 is 2.41 bits per heavy atom. The molecule has 0 radical (unpaired) electrons. The van der Waals surface area contributed by atoms with Crippen molar-refractivity contribution in [1.82, 2.24) is 15.1 Å². The first-order valence-corrected chi connectivity index (χ1v) is 16.4. The number of hydrogen-bond donors (Lipinski definition) is 1. The lowest BCUT2D eigenvalue weighted by Gasteiger charge is -2.36. The van der Waals surface area contributed by atoms with E-state index >= 15 is 0 Å². The largest absolute Gasteiger partial charge is 0.496 e. The number of aromatic nitrogens is 2. The summed E-state index contributed by atoms with van der Waals surface area (Å²) in [6.45, 7) is 2.84. The van der Waals surface area contributed by atoms with Crippen molar-refractivity contribution in [3.05, 3.63) is 66.0 Å². The SMILES string of the molecule is CNC(=O)O[C@H]1CC[C@H](C(=O)N(C[C@H]2CC[C@H](c3ccc(OC)c(C)c3)CC2)c2cccc(-c3cnn(C4CC4)c3)c2)CC1. The molecule has 0 saturated heterocycles. The Balaban J connectivity index is 1.17. The summed E-state index contributed by atoms with van der Waals surface area (Å²) < 4.78 is 13.1. The van der Waals surface area contributed by atoms with Gasteiger partial charge in [-0.05, 0) is 118 Å². The van der Waals surface area contributed by atoms with Crippen molar-refractivity contribution < 1.29 is 19.1 Å². The van der Waals surface area contributed by atoms with Gasteiger partial charge in [-0.15, -0.1) is 0 Å². The average Bonchev–Trinajstić information content (AvgIpc) is 3.79. The van der Waals surface area contributed by atoms with Gasteiger partial charge in [-0.3, -0.25) is 9.48 Å². The lowest BCUT2D eigenvalue weighted by atomic mass is 9.78. The molecule has 8 nitrogen and oxygen atoms in total. The van der Waals surface area contributed by atoms with Gasteiger partial charge in [0, 0.05) is 37.0 Å². The highest BCUT2D eigenvalue weighted by atomic mass is 16.6. The van der Waals surface area contributed by atoms with E-state index in [1.807, 2.05) is 6.20 Å². The van der Waals surface area contributed by atoms with Crippen molar-refractivity contribution in [1.29, 1.82) is 0 Å². The molecule has 3 fully saturated rings. The van der Waals surface area contributed by atoms with Gasteiger partial charge in [0.15, 0.2) is 0 Å². The molecule has 3 saturated carbocycles.